The van der Waals surface area contributed by atoms with Gasteiger partial charge in [-0.15, -0.1) is 11.3 Å². The van der Waals surface area contributed by atoms with Gasteiger partial charge in [-0.05, 0) is 12.0 Å². The van der Waals surface area contributed by atoms with Gasteiger partial charge in [0.2, 0.25) is 0 Å². The van der Waals surface area contributed by atoms with E-state index in [4.69, 9.17) is 10.5 Å². The summed E-state index contributed by atoms with van der Waals surface area (Å²) in [5.41, 5.74) is 7.61. The van der Waals surface area contributed by atoms with Gasteiger partial charge in [-0.2, -0.15) is 0 Å². The topological polar surface area (TPSA) is 64.3 Å². The quantitative estimate of drug-likeness (QED) is 0.802. The van der Waals surface area contributed by atoms with Crippen molar-refractivity contribution < 1.29 is 9.53 Å². The molecule has 0 spiro atoms. The normalized spacial score (nSPS) is 10.3. The summed E-state index contributed by atoms with van der Waals surface area (Å²) in [5, 5.41) is 4.10. The molecule has 0 aliphatic heterocycles. The van der Waals surface area contributed by atoms with Crippen LogP contribution in [0.1, 0.15) is 22.2 Å². The Labute approximate surface area is 122 Å². The van der Waals surface area contributed by atoms with Crippen molar-refractivity contribution in [2.24, 2.45) is 0 Å². The number of carbonyl (C=O) groups is 1. The number of thiophene rings is 1. The first-order chi connectivity index (χ1) is 9.63. The summed E-state index contributed by atoms with van der Waals surface area (Å²) in [5.74, 6) is 0.523. The summed E-state index contributed by atoms with van der Waals surface area (Å²) in [7, 11) is 1.56. The Balaban J connectivity index is 2.06. The maximum absolute atomic E-state index is 11.5. The third-order valence-electron chi connectivity index (χ3n) is 2.97. The molecule has 0 saturated carbocycles. The SMILES string of the molecule is COc1c(NCCc2ccccc2)sc(C(C)=O)c1N. The van der Waals surface area contributed by atoms with Gasteiger partial charge in [-0.3, -0.25) is 4.79 Å². The van der Waals surface area contributed by atoms with Crippen LogP contribution >= 0.6 is 11.3 Å². The van der Waals surface area contributed by atoms with E-state index in [2.05, 4.69) is 17.4 Å². The number of Topliss-reactive ketones (excluding diaryl/α,β-unsaturated/α-hetero) is 1. The van der Waals surface area contributed by atoms with Crippen molar-refractivity contribution in [1.29, 1.82) is 0 Å². The van der Waals surface area contributed by atoms with Crippen molar-refractivity contribution in [2.75, 3.05) is 24.7 Å². The van der Waals surface area contributed by atoms with Crippen molar-refractivity contribution in [3.8, 4) is 5.75 Å². The zero-order chi connectivity index (χ0) is 14.5. The summed E-state index contributed by atoms with van der Waals surface area (Å²) in [6, 6.07) is 10.2. The van der Waals surface area contributed by atoms with Crippen LogP contribution in [0.5, 0.6) is 5.75 Å². The molecule has 5 heteroatoms. The van der Waals surface area contributed by atoms with Crippen molar-refractivity contribution in [2.45, 2.75) is 13.3 Å². The minimum Gasteiger partial charge on any atom is -0.492 e. The number of nitrogens with two attached hydrogens (primary N) is 1. The fourth-order valence-corrected chi connectivity index (χ4v) is 2.99. The van der Waals surface area contributed by atoms with Gasteiger partial charge in [0.1, 0.15) is 5.00 Å². The number of rotatable bonds is 6. The zero-order valence-corrected chi connectivity index (χ0v) is 12.4. The van der Waals surface area contributed by atoms with Crippen molar-refractivity contribution in [3.05, 3.63) is 40.8 Å². The smallest absolute Gasteiger partial charge is 0.176 e. The molecule has 0 radical (unpaired) electrons. The first-order valence-electron chi connectivity index (χ1n) is 6.38. The number of carbonyl (C=O) groups excluding carboxylic acids is 1. The van der Waals surface area contributed by atoms with Gasteiger partial charge < -0.3 is 15.8 Å². The molecule has 0 aliphatic carbocycles. The van der Waals surface area contributed by atoms with Crippen LogP contribution in [0.15, 0.2) is 30.3 Å². The van der Waals surface area contributed by atoms with Gasteiger partial charge in [0.05, 0.1) is 17.7 Å². The van der Waals surface area contributed by atoms with Crippen LogP contribution in [-0.2, 0) is 6.42 Å². The van der Waals surface area contributed by atoms with E-state index in [1.165, 1.54) is 23.8 Å². The summed E-state index contributed by atoms with van der Waals surface area (Å²) >= 11 is 1.34. The van der Waals surface area contributed by atoms with Crippen LogP contribution in [0.25, 0.3) is 0 Å². The number of methoxy groups -OCH3 is 1. The van der Waals surface area contributed by atoms with Crippen LogP contribution in [0.2, 0.25) is 0 Å². The lowest BCUT2D eigenvalue weighted by Gasteiger charge is -2.07. The molecule has 1 heterocycles. The van der Waals surface area contributed by atoms with E-state index in [0.717, 1.165) is 18.0 Å². The highest BCUT2D eigenvalue weighted by atomic mass is 32.1. The van der Waals surface area contributed by atoms with Crippen molar-refractivity contribution >= 4 is 27.8 Å². The number of ketones is 1. The van der Waals surface area contributed by atoms with Crippen molar-refractivity contribution in [3.63, 3.8) is 0 Å². The lowest BCUT2D eigenvalue weighted by atomic mass is 10.1. The summed E-state index contributed by atoms with van der Waals surface area (Å²) in [6.07, 6.45) is 0.900. The summed E-state index contributed by atoms with van der Waals surface area (Å²) in [6.45, 7) is 2.27. The van der Waals surface area contributed by atoms with Gasteiger partial charge >= 0.3 is 0 Å². The van der Waals surface area contributed by atoms with Crippen LogP contribution in [0, 0.1) is 0 Å². The second-order valence-corrected chi connectivity index (χ2v) is 5.45. The fraction of sp³-hybridized carbons (Fsp3) is 0.267. The number of benzene rings is 1. The highest BCUT2D eigenvalue weighted by Crippen LogP contribution is 2.42. The minimum atomic E-state index is -0.0399. The molecule has 106 valence electrons. The first kappa shape index (κ1) is 14.4. The van der Waals surface area contributed by atoms with E-state index in [1.807, 2.05) is 18.2 Å². The van der Waals surface area contributed by atoms with Gasteiger partial charge in [0.15, 0.2) is 11.5 Å². The van der Waals surface area contributed by atoms with E-state index < -0.39 is 0 Å². The number of nitrogens with one attached hydrogen (secondary N) is 1. The number of ether oxygens (including phenoxy) is 1. The van der Waals surface area contributed by atoms with Gasteiger partial charge in [-0.25, -0.2) is 0 Å². The van der Waals surface area contributed by atoms with Crippen LogP contribution < -0.4 is 15.8 Å². The Hall–Kier alpha value is -2.01. The predicted molar refractivity (Wildman–Crippen MR) is 83.9 cm³/mol. The maximum Gasteiger partial charge on any atom is 0.176 e. The number of hydrogen-bond acceptors (Lipinski definition) is 5. The Morgan fingerprint density at radius 2 is 2.05 bits per heavy atom. The third-order valence-corrected chi connectivity index (χ3v) is 4.21. The molecule has 4 nitrogen and oxygen atoms in total. The lowest BCUT2D eigenvalue weighted by molar-refractivity contribution is 0.102. The van der Waals surface area contributed by atoms with E-state index in [0.29, 0.717) is 16.3 Å². The molecule has 0 fully saturated rings. The highest BCUT2D eigenvalue weighted by molar-refractivity contribution is 7.19. The molecular formula is C15H18N2O2S. The Morgan fingerprint density at radius 1 is 1.35 bits per heavy atom. The molecule has 1 aromatic carbocycles. The first-order valence-corrected chi connectivity index (χ1v) is 7.20. The predicted octanol–water partition coefficient (Wildman–Crippen LogP) is 3.20. The van der Waals surface area contributed by atoms with E-state index >= 15 is 0 Å². The molecule has 3 N–H and O–H groups in total. The van der Waals surface area contributed by atoms with E-state index in [-0.39, 0.29) is 5.78 Å². The molecule has 1 aromatic heterocycles. The number of anilines is 2. The second-order valence-electron chi connectivity index (χ2n) is 4.43. The molecule has 0 bridgehead atoms. The lowest BCUT2D eigenvalue weighted by Crippen LogP contribution is -2.04. The largest absolute Gasteiger partial charge is 0.492 e. The van der Waals surface area contributed by atoms with Crippen LogP contribution in [0.4, 0.5) is 10.7 Å². The second kappa shape index (κ2) is 6.43. The van der Waals surface area contributed by atoms with E-state index in [9.17, 15) is 4.79 Å². The summed E-state index contributed by atoms with van der Waals surface area (Å²) < 4.78 is 5.28. The number of hydrogen-bond donors (Lipinski definition) is 2. The van der Waals surface area contributed by atoms with Gasteiger partial charge in [-0.1, -0.05) is 30.3 Å². The molecule has 2 aromatic rings. The molecule has 0 aliphatic rings. The highest BCUT2D eigenvalue weighted by Gasteiger charge is 2.19. The molecule has 0 atom stereocenters. The Bertz CT molecular complexity index is 593. The fourth-order valence-electron chi connectivity index (χ4n) is 1.97. The standard InChI is InChI=1S/C15H18N2O2S/c1-10(18)14-12(16)13(19-2)15(20-14)17-9-8-11-6-4-3-5-7-11/h3-7,17H,8-9,16H2,1-2H3. The van der Waals surface area contributed by atoms with Gasteiger partial charge in [0, 0.05) is 13.5 Å². The van der Waals surface area contributed by atoms with Gasteiger partial charge in [0.25, 0.3) is 0 Å². The molecule has 20 heavy (non-hydrogen) atoms. The van der Waals surface area contributed by atoms with Crippen LogP contribution in [-0.4, -0.2) is 19.4 Å². The monoisotopic (exact) mass is 290 g/mol. The van der Waals surface area contributed by atoms with Crippen LogP contribution in [0.3, 0.4) is 0 Å². The molecule has 2 rings (SSSR count). The van der Waals surface area contributed by atoms with E-state index in [1.54, 1.807) is 7.11 Å². The van der Waals surface area contributed by atoms with Crippen molar-refractivity contribution in [1.82, 2.24) is 0 Å². The molecule has 0 saturated heterocycles. The average Bonchev–Trinajstić information content (AvgIpc) is 2.76. The molecule has 0 amide bonds. The molecule has 0 unspecified atom stereocenters. The maximum atomic E-state index is 11.5. The Kier molecular flexibility index (Phi) is 4.63. The third kappa shape index (κ3) is 3.11. The summed E-state index contributed by atoms with van der Waals surface area (Å²) in [4.78, 5) is 12.0. The molecular weight excluding hydrogens is 272 g/mol. The zero-order valence-electron chi connectivity index (χ0n) is 11.6. The Morgan fingerprint density at radius 3 is 2.65 bits per heavy atom. The average molecular weight is 290 g/mol. The number of nitrogen functional groups attached to an aromatic ring is 1. The minimum absolute atomic E-state index is 0.0399.